The standard InChI is InChI=1S/C5H5F7O4S.C3H8/c1-2(3(6,7)8)16-4(9,10)5(11,12)17(13,14)15;1-3-2/h2H,1H3,(H,13,14,15);3H2,1-2H3. The van der Waals surface area contributed by atoms with E-state index >= 15 is 0 Å². The Hall–Kier alpha value is -0.620. The lowest BCUT2D eigenvalue weighted by Crippen LogP contribution is -2.51. The van der Waals surface area contributed by atoms with E-state index in [-0.39, 0.29) is 6.92 Å². The van der Waals surface area contributed by atoms with Gasteiger partial charge < -0.3 is 4.74 Å². The third-order valence-corrected chi connectivity index (χ3v) is 2.33. The van der Waals surface area contributed by atoms with Crippen LogP contribution in [-0.4, -0.2) is 36.6 Å². The van der Waals surface area contributed by atoms with Crippen LogP contribution < -0.4 is 0 Å². The zero-order chi connectivity index (χ0) is 17.0. The molecule has 0 amide bonds. The average Bonchev–Trinajstić information content (AvgIpc) is 2.14. The fourth-order valence-electron chi connectivity index (χ4n) is 0.508. The lowest BCUT2D eigenvalue weighted by atomic mass is 10.4. The predicted octanol–water partition coefficient (Wildman–Crippen LogP) is 3.44. The van der Waals surface area contributed by atoms with Crippen LogP contribution in [0.1, 0.15) is 27.2 Å². The maximum atomic E-state index is 12.5. The van der Waals surface area contributed by atoms with Gasteiger partial charge in [0.05, 0.1) is 0 Å². The van der Waals surface area contributed by atoms with E-state index < -0.39 is 33.8 Å². The minimum Gasteiger partial charge on any atom is -0.302 e. The average molecular weight is 338 g/mol. The highest BCUT2D eigenvalue weighted by molar-refractivity contribution is 7.86. The highest BCUT2D eigenvalue weighted by atomic mass is 32.2. The highest BCUT2D eigenvalue weighted by Gasteiger charge is 2.69. The van der Waals surface area contributed by atoms with Gasteiger partial charge in [0.25, 0.3) is 0 Å². The molecule has 12 heteroatoms. The van der Waals surface area contributed by atoms with Gasteiger partial charge in [-0.05, 0) is 6.92 Å². The monoisotopic (exact) mass is 338 g/mol. The van der Waals surface area contributed by atoms with E-state index in [1.165, 1.54) is 6.42 Å². The zero-order valence-corrected chi connectivity index (χ0v) is 11.3. The summed E-state index contributed by atoms with van der Waals surface area (Å²) in [6.45, 7) is 4.22. The van der Waals surface area contributed by atoms with Crippen LogP contribution in [0.2, 0.25) is 0 Å². The van der Waals surface area contributed by atoms with Crippen molar-refractivity contribution < 1.29 is 48.4 Å². The molecule has 0 aromatic carbocycles. The van der Waals surface area contributed by atoms with Crippen LogP contribution in [0.4, 0.5) is 30.7 Å². The van der Waals surface area contributed by atoms with E-state index in [0.29, 0.717) is 0 Å². The van der Waals surface area contributed by atoms with Gasteiger partial charge in [-0.1, -0.05) is 20.3 Å². The Kier molecular flexibility index (Phi) is 7.47. The number of ether oxygens (including phenoxy) is 1. The van der Waals surface area contributed by atoms with E-state index in [4.69, 9.17) is 4.55 Å². The summed E-state index contributed by atoms with van der Waals surface area (Å²) in [6.07, 6.45) is -13.5. The van der Waals surface area contributed by atoms with Crippen molar-refractivity contribution in [3.8, 4) is 0 Å². The molecule has 0 heterocycles. The molecule has 0 aromatic rings. The lowest BCUT2D eigenvalue weighted by Gasteiger charge is -2.27. The second-order valence-corrected chi connectivity index (χ2v) is 4.98. The van der Waals surface area contributed by atoms with Crippen LogP contribution >= 0.6 is 0 Å². The maximum Gasteiger partial charge on any atom is 0.459 e. The zero-order valence-electron chi connectivity index (χ0n) is 10.5. The van der Waals surface area contributed by atoms with Crippen LogP contribution in [0, 0.1) is 0 Å². The van der Waals surface area contributed by atoms with E-state index in [1.807, 2.05) is 0 Å². The largest absolute Gasteiger partial charge is 0.459 e. The van der Waals surface area contributed by atoms with Crippen molar-refractivity contribution in [1.82, 2.24) is 0 Å². The minimum absolute atomic E-state index is 0.0337. The SMILES string of the molecule is CC(OC(F)(F)C(F)(F)S(=O)(=O)O)C(F)(F)F.CCC. The van der Waals surface area contributed by atoms with Gasteiger partial charge in [0.1, 0.15) is 0 Å². The summed E-state index contributed by atoms with van der Waals surface area (Å²) in [5, 5.41) is -6.19. The first-order valence-corrected chi connectivity index (χ1v) is 6.45. The summed E-state index contributed by atoms with van der Waals surface area (Å²) < 4.78 is 115. The molecule has 0 rings (SSSR count). The number of alkyl halides is 7. The number of hydrogen-bond donors (Lipinski definition) is 1. The predicted molar refractivity (Wildman–Crippen MR) is 54.0 cm³/mol. The number of hydrogen-bond acceptors (Lipinski definition) is 3. The van der Waals surface area contributed by atoms with Gasteiger partial charge in [0.2, 0.25) is 0 Å². The van der Waals surface area contributed by atoms with Crippen molar-refractivity contribution in [3.63, 3.8) is 0 Å². The van der Waals surface area contributed by atoms with Crippen molar-refractivity contribution in [1.29, 1.82) is 0 Å². The Balaban J connectivity index is 0. The fourth-order valence-corrected chi connectivity index (χ4v) is 0.856. The lowest BCUT2D eigenvalue weighted by molar-refractivity contribution is -0.367. The Morgan fingerprint density at radius 2 is 1.35 bits per heavy atom. The first-order valence-electron chi connectivity index (χ1n) is 5.01. The highest BCUT2D eigenvalue weighted by Crippen LogP contribution is 2.41. The van der Waals surface area contributed by atoms with Gasteiger partial charge in [-0.3, -0.25) is 4.55 Å². The van der Waals surface area contributed by atoms with E-state index in [1.54, 1.807) is 0 Å². The second-order valence-electron chi connectivity index (χ2n) is 3.52. The molecule has 1 unspecified atom stereocenters. The third kappa shape index (κ3) is 5.79. The van der Waals surface area contributed by atoms with Gasteiger partial charge in [-0.2, -0.15) is 39.2 Å². The molecule has 0 aliphatic carbocycles. The Morgan fingerprint density at radius 1 is 1.05 bits per heavy atom. The first-order chi connectivity index (χ1) is 8.54. The fraction of sp³-hybridized carbons (Fsp3) is 1.00. The molecule has 0 aromatic heterocycles. The molecule has 1 atom stereocenters. The van der Waals surface area contributed by atoms with Crippen molar-refractivity contribution in [3.05, 3.63) is 0 Å². The molecular formula is C8H13F7O4S. The molecule has 0 saturated heterocycles. The smallest absolute Gasteiger partial charge is 0.302 e. The minimum atomic E-state index is -6.63. The van der Waals surface area contributed by atoms with E-state index in [0.717, 1.165) is 0 Å². The molecule has 0 aliphatic heterocycles. The van der Waals surface area contributed by atoms with E-state index in [9.17, 15) is 39.2 Å². The van der Waals surface area contributed by atoms with Gasteiger partial charge in [-0.15, -0.1) is 0 Å². The topological polar surface area (TPSA) is 63.6 Å². The molecule has 0 radical (unpaired) electrons. The van der Waals surface area contributed by atoms with Gasteiger partial charge >= 0.3 is 27.7 Å². The molecule has 0 saturated carbocycles. The van der Waals surface area contributed by atoms with Crippen LogP contribution in [0.5, 0.6) is 0 Å². The maximum absolute atomic E-state index is 12.5. The summed E-state index contributed by atoms with van der Waals surface area (Å²) in [7, 11) is -6.63. The molecule has 0 spiro atoms. The van der Waals surface area contributed by atoms with Crippen LogP contribution in [-0.2, 0) is 14.9 Å². The van der Waals surface area contributed by atoms with Crippen LogP contribution in [0.15, 0.2) is 0 Å². The Morgan fingerprint density at radius 3 is 1.55 bits per heavy atom. The Bertz CT molecular complexity index is 390. The van der Waals surface area contributed by atoms with Gasteiger partial charge in [-0.25, -0.2) is 0 Å². The summed E-state index contributed by atoms with van der Waals surface area (Å²) in [5.41, 5.74) is 0. The van der Waals surface area contributed by atoms with Gasteiger partial charge in [0, 0.05) is 0 Å². The van der Waals surface area contributed by atoms with Gasteiger partial charge in [0.15, 0.2) is 6.10 Å². The van der Waals surface area contributed by atoms with Crippen LogP contribution in [0.25, 0.3) is 0 Å². The second kappa shape index (κ2) is 6.89. The molecule has 0 bridgehead atoms. The number of halogens is 7. The molecule has 124 valence electrons. The Labute approximate surface area is 110 Å². The first kappa shape index (κ1) is 21.7. The van der Waals surface area contributed by atoms with Crippen LogP contribution in [0.3, 0.4) is 0 Å². The summed E-state index contributed by atoms with van der Waals surface area (Å²) in [5.74, 6) is 0. The molecular weight excluding hydrogens is 325 g/mol. The molecule has 1 N–H and O–H groups in total. The van der Waals surface area contributed by atoms with E-state index in [2.05, 4.69) is 18.6 Å². The van der Waals surface area contributed by atoms with Crippen molar-refractivity contribution in [2.75, 3.05) is 0 Å². The quantitative estimate of drug-likeness (QED) is 0.630. The van der Waals surface area contributed by atoms with Crippen molar-refractivity contribution >= 4 is 10.1 Å². The normalized spacial score (nSPS) is 15.3. The molecule has 20 heavy (non-hydrogen) atoms. The van der Waals surface area contributed by atoms with Crippen molar-refractivity contribution in [2.24, 2.45) is 0 Å². The third-order valence-electron chi connectivity index (χ3n) is 1.45. The summed E-state index contributed by atoms with van der Waals surface area (Å²) in [6, 6.07) is 0. The molecule has 4 nitrogen and oxygen atoms in total. The molecule has 0 aliphatic rings. The summed E-state index contributed by atoms with van der Waals surface area (Å²) >= 11 is 0. The number of rotatable bonds is 4. The summed E-state index contributed by atoms with van der Waals surface area (Å²) in [4.78, 5) is 0. The van der Waals surface area contributed by atoms with Crippen molar-refractivity contribution in [2.45, 2.75) is 50.8 Å². The molecule has 0 fully saturated rings.